The van der Waals surface area contributed by atoms with E-state index >= 15 is 0 Å². The van der Waals surface area contributed by atoms with Crippen LogP contribution in [-0.2, 0) is 0 Å². The van der Waals surface area contributed by atoms with Crippen LogP contribution < -0.4 is 11.1 Å². The normalized spacial score (nSPS) is 14.3. The van der Waals surface area contributed by atoms with Gasteiger partial charge in [0.05, 0.1) is 10.7 Å². The predicted molar refractivity (Wildman–Crippen MR) is 77.4 cm³/mol. The highest BCUT2D eigenvalue weighted by atomic mass is 32.1. The summed E-state index contributed by atoms with van der Waals surface area (Å²) >= 11 is 1.46. The fourth-order valence-electron chi connectivity index (χ4n) is 1.89. The largest absolute Gasteiger partial charge is 0.397 e. The molecule has 3 N–H and O–H groups in total. The Hall–Kier alpha value is -1.49. The van der Waals surface area contributed by atoms with Crippen LogP contribution in [-0.4, -0.2) is 31.4 Å². The van der Waals surface area contributed by atoms with Crippen LogP contribution in [0.3, 0.4) is 0 Å². The number of hydrogen-bond acceptors (Lipinski definition) is 4. The summed E-state index contributed by atoms with van der Waals surface area (Å²) in [5, 5.41) is 4.32. The summed E-state index contributed by atoms with van der Waals surface area (Å²) in [7, 11) is 3.49. The van der Waals surface area contributed by atoms with Crippen LogP contribution in [0.2, 0.25) is 0 Å². The summed E-state index contributed by atoms with van der Waals surface area (Å²) in [4.78, 5) is 14.3. The van der Waals surface area contributed by atoms with Crippen molar-refractivity contribution in [2.24, 2.45) is 0 Å². The Morgan fingerprint density at radius 1 is 1.61 bits per heavy atom. The Morgan fingerprint density at radius 3 is 2.78 bits per heavy atom. The van der Waals surface area contributed by atoms with Gasteiger partial charge in [-0.3, -0.25) is 4.79 Å². The monoisotopic (exact) mass is 265 g/mol. The molecule has 1 amide bonds. The molecule has 1 heterocycles. The number of anilines is 2. The van der Waals surface area contributed by atoms with Crippen molar-refractivity contribution in [3.63, 3.8) is 0 Å². The Balaban J connectivity index is 2.36. The van der Waals surface area contributed by atoms with Gasteiger partial charge in [-0.05, 0) is 18.8 Å². The highest BCUT2D eigenvalue weighted by molar-refractivity contribution is 7.18. The van der Waals surface area contributed by atoms with E-state index < -0.39 is 0 Å². The van der Waals surface area contributed by atoms with Crippen molar-refractivity contribution in [2.45, 2.75) is 18.8 Å². The average Bonchev–Trinajstić information content (AvgIpc) is 3.10. The van der Waals surface area contributed by atoms with Gasteiger partial charge in [0.25, 0.3) is 5.91 Å². The topological polar surface area (TPSA) is 58.4 Å². The lowest BCUT2D eigenvalue weighted by Gasteiger charge is -2.08. The maximum absolute atomic E-state index is 12.1. The van der Waals surface area contributed by atoms with Crippen molar-refractivity contribution >= 4 is 27.9 Å². The van der Waals surface area contributed by atoms with Crippen LogP contribution in [0.5, 0.6) is 0 Å². The summed E-state index contributed by atoms with van der Waals surface area (Å²) in [6.07, 6.45) is 4.14. The second kappa shape index (κ2) is 5.02. The first-order chi connectivity index (χ1) is 8.56. The van der Waals surface area contributed by atoms with Crippen LogP contribution in [0.4, 0.5) is 10.7 Å². The number of amides is 1. The highest BCUT2D eigenvalue weighted by Crippen LogP contribution is 2.50. The molecule has 0 bridgehead atoms. The molecular formula is C13H19N3OS. The summed E-state index contributed by atoms with van der Waals surface area (Å²) in [6.45, 7) is 4.38. The lowest BCUT2D eigenvalue weighted by molar-refractivity contribution is 0.0833. The molecule has 18 heavy (non-hydrogen) atoms. The maximum Gasteiger partial charge on any atom is 0.265 e. The Bertz CT molecular complexity index is 475. The van der Waals surface area contributed by atoms with Crippen LogP contribution in [0, 0.1) is 0 Å². The van der Waals surface area contributed by atoms with Crippen molar-refractivity contribution in [1.29, 1.82) is 0 Å². The number of nitrogen functional groups attached to an aromatic ring is 1. The number of thiophene rings is 1. The molecule has 1 fully saturated rings. The molecule has 0 unspecified atom stereocenters. The van der Waals surface area contributed by atoms with Crippen molar-refractivity contribution < 1.29 is 4.79 Å². The predicted octanol–water partition coefficient (Wildman–Crippen LogP) is 2.51. The number of nitrogens with two attached hydrogens (primary N) is 1. The Morgan fingerprint density at radius 2 is 2.28 bits per heavy atom. The fraction of sp³-hybridized carbons (Fsp3) is 0.462. The standard InChI is InChI=1S/C13H19N3OS/c1-4-7-15-12-9(8-5-6-8)10(14)11(18-12)13(17)16(2)3/h4,8,15H,1,5-7,14H2,2-3H3. The Kier molecular flexibility index (Phi) is 3.61. The zero-order valence-electron chi connectivity index (χ0n) is 10.8. The summed E-state index contributed by atoms with van der Waals surface area (Å²) in [6, 6.07) is 0. The first-order valence-electron chi connectivity index (χ1n) is 6.04. The van der Waals surface area contributed by atoms with E-state index in [1.165, 1.54) is 24.2 Å². The average molecular weight is 265 g/mol. The van der Waals surface area contributed by atoms with E-state index in [1.54, 1.807) is 25.1 Å². The molecular weight excluding hydrogens is 246 g/mol. The molecule has 0 atom stereocenters. The third-order valence-electron chi connectivity index (χ3n) is 2.98. The van der Waals surface area contributed by atoms with Crippen LogP contribution in [0.15, 0.2) is 12.7 Å². The van der Waals surface area contributed by atoms with Crippen molar-refractivity contribution in [3.05, 3.63) is 23.1 Å². The number of nitrogens with zero attached hydrogens (tertiary/aromatic N) is 1. The second-order valence-electron chi connectivity index (χ2n) is 4.73. The van der Waals surface area contributed by atoms with E-state index in [4.69, 9.17) is 5.73 Å². The first-order valence-corrected chi connectivity index (χ1v) is 6.86. The molecule has 1 aliphatic carbocycles. The molecule has 1 saturated carbocycles. The minimum absolute atomic E-state index is 0.0222. The van der Waals surface area contributed by atoms with Crippen molar-refractivity contribution in [2.75, 3.05) is 31.7 Å². The van der Waals surface area contributed by atoms with E-state index in [0.717, 1.165) is 10.6 Å². The molecule has 1 aliphatic rings. The van der Waals surface area contributed by atoms with Gasteiger partial charge in [-0.25, -0.2) is 0 Å². The molecule has 98 valence electrons. The van der Waals surface area contributed by atoms with E-state index in [2.05, 4.69) is 11.9 Å². The van der Waals surface area contributed by atoms with E-state index in [9.17, 15) is 4.79 Å². The quantitative estimate of drug-likeness (QED) is 0.804. The molecule has 2 rings (SSSR count). The fourth-order valence-corrected chi connectivity index (χ4v) is 3.13. The zero-order chi connectivity index (χ0) is 13.3. The summed E-state index contributed by atoms with van der Waals surface area (Å²) in [5.74, 6) is 0.503. The van der Waals surface area contributed by atoms with Gasteiger partial charge in [0.2, 0.25) is 0 Å². The summed E-state index contributed by atoms with van der Waals surface area (Å²) < 4.78 is 0. The number of carbonyl (C=O) groups excluding carboxylic acids is 1. The molecule has 0 aliphatic heterocycles. The lowest BCUT2D eigenvalue weighted by Crippen LogP contribution is -2.21. The second-order valence-corrected chi connectivity index (χ2v) is 5.75. The van der Waals surface area contributed by atoms with E-state index in [-0.39, 0.29) is 5.91 Å². The number of carbonyl (C=O) groups is 1. The van der Waals surface area contributed by atoms with Crippen LogP contribution in [0.1, 0.15) is 34.0 Å². The van der Waals surface area contributed by atoms with Gasteiger partial charge in [-0.15, -0.1) is 17.9 Å². The lowest BCUT2D eigenvalue weighted by atomic mass is 10.1. The van der Waals surface area contributed by atoms with Gasteiger partial charge in [0, 0.05) is 26.2 Å². The van der Waals surface area contributed by atoms with Crippen LogP contribution in [0.25, 0.3) is 0 Å². The van der Waals surface area contributed by atoms with Gasteiger partial charge in [-0.2, -0.15) is 0 Å². The van der Waals surface area contributed by atoms with Gasteiger partial charge in [0.1, 0.15) is 4.88 Å². The van der Waals surface area contributed by atoms with E-state index in [1.807, 2.05) is 0 Å². The minimum Gasteiger partial charge on any atom is -0.397 e. The highest BCUT2D eigenvalue weighted by Gasteiger charge is 2.33. The smallest absolute Gasteiger partial charge is 0.265 e. The Labute approximate surface area is 111 Å². The first kappa shape index (κ1) is 13.0. The van der Waals surface area contributed by atoms with Crippen LogP contribution >= 0.6 is 11.3 Å². The molecule has 1 aromatic heterocycles. The third-order valence-corrected chi connectivity index (χ3v) is 4.14. The molecule has 1 aromatic rings. The molecule has 0 aromatic carbocycles. The molecule has 0 spiro atoms. The van der Waals surface area contributed by atoms with Gasteiger partial charge in [0.15, 0.2) is 0 Å². The van der Waals surface area contributed by atoms with Crippen molar-refractivity contribution in [3.8, 4) is 0 Å². The molecule has 0 radical (unpaired) electrons. The van der Waals surface area contributed by atoms with Gasteiger partial charge < -0.3 is 16.0 Å². The number of hydrogen-bond donors (Lipinski definition) is 2. The van der Waals surface area contributed by atoms with Crippen molar-refractivity contribution in [1.82, 2.24) is 4.90 Å². The molecule has 4 nitrogen and oxygen atoms in total. The summed E-state index contributed by atoms with van der Waals surface area (Å²) in [5.41, 5.74) is 7.94. The van der Waals surface area contributed by atoms with Gasteiger partial charge >= 0.3 is 0 Å². The number of rotatable bonds is 5. The minimum atomic E-state index is -0.0222. The SMILES string of the molecule is C=CCNc1sc(C(=O)N(C)C)c(N)c1C1CC1. The maximum atomic E-state index is 12.1. The third kappa shape index (κ3) is 2.36. The van der Waals surface area contributed by atoms with Gasteiger partial charge in [-0.1, -0.05) is 6.08 Å². The molecule has 5 heteroatoms. The zero-order valence-corrected chi connectivity index (χ0v) is 11.6. The number of nitrogens with one attached hydrogen (secondary N) is 1. The molecule has 0 saturated heterocycles. The van der Waals surface area contributed by atoms with E-state index in [0.29, 0.717) is 23.0 Å².